The standard InChI is InChI=1S/C17H16N2S2/c1-17(21-14-8-3-2-4-9-14)16-15-10-6-5-7-13(15)11-18-19(16)12-20-17/h2-11,16H,12H2,1H3/t16-,17+/m0/s1. The first kappa shape index (κ1) is 13.3. The molecule has 0 saturated carbocycles. The van der Waals surface area contributed by atoms with E-state index in [9.17, 15) is 0 Å². The van der Waals surface area contributed by atoms with Crippen molar-refractivity contribution in [2.75, 3.05) is 5.88 Å². The summed E-state index contributed by atoms with van der Waals surface area (Å²) in [5.74, 6) is 0.950. The van der Waals surface area contributed by atoms with Crippen molar-refractivity contribution in [3.05, 3.63) is 65.7 Å². The molecule has 4 heteroatoms. The van der Waals surface area contributed by atoms with Crippen molar-refractivity contribution in [1.29, 1.82) is 0 Å². The highest BCUT2D eigenvalue weighted by Gasteiger charge is 2.48. The average molecular weight is 312 g/mol. The second-order valence-corrected chi connectivity index (χ2v) is 8.60. The summed E-state index contributed by atoms with van der Waals surface area (Å²) in [5, 5.41) is 6.87. The van der Waals surface area contributed by atoms with Gasteiger partial charge < -0.3 is 0 Å². The van der Waals surface area contributed by atoms with Gasteiger partial charge in [-0.2, -0.15) is 5.10 Å². The number of benzene rings is 2. The zero-order valence-corrected chi connectivity index (χ0v) is 13.4. The molecule has 2 nitrogen and oxygen atoms in total. The monoisotopic (exact) mass is 312 g/mol. The summed E-state index contributed by atoms with van der Waals surface area (Å²) in [6.07, 6.45) is 1.99. The first-order chi connectivity index (χ1) is 10.3. The van der Waals surface area contributed by atoms with E-state index in [0.717, 1.165) is 5.88 Å². The molecule has 0 spiro atoms. The fraction of sp³-hybridized carbons (Fsp3) is 0.235. The maximum Gasteiger partial charge on any atom is 0.0975 e. The second kappa shape index (κ2) is 5.11. The van der Waals surface area contributed by atoms with Gasteiger partial charge in [-0.15, -0.1) is 23.5 Å². The molecule has 2 aromatic carbocycles. The largest absolute Gasteiger partial charge is 0.277 e. The Morgan fingerprint density at radius 3 is 2.76 bits per heavy atom. The van der Waals surface area contributed by atoms with Crippen LogP contribution in [-0.4, -0.2) is 21.2 Å². The first-order valence-corrected chi connectivity index (χ1v) is 8.84. The van der Waals surface area contributed by atoms with Crippen LogP contribution in [0.15, 0.2) is 64.6 Å². The molecule has 2 aliphatic heterocycles. The average Bonchev–Trinajstić information content (AvgIpc) is 2.86. The number of fused-ring (bicyclic) bond motifs is 3. The minimum Gasteiger partial charge on any atom is -0.277 e. The molecule has 0 aliphatic carbocycles. The molecule has 1 saturated heterocycles. The molecule has 106 valence electrons. The van der Waals surface area contributed by atoms with Crippen LogP contribution in [0, 0.1) is 0 Å². The zero-order valence-electron chi connectivity index (χ0n) is 11.8. The van der Waals surface area contributed by atoms with Crippen LogP contribution in [0.4, 0.5) is 0 Å². The third kappa shape index (κ3) is 2.27. The van der Waals surface area contributed by atoms with Crippen LogP contribution in [0.2, 0.25) is 0 Å². The predicted octanol–water partition coefficient (Wildman–Crippen LogP) is 4.59. The Morgan fingerprint density at radius 2 is 1.90 bits per heavy atom. The van der Waals surface area contributed by atoms with Crippen LogP contribution >= 0.6 is 23.5 Å². The summed E-state index contributed by atoms with van der Waals surface area (Å²) >= 11 is 3.93. The maximum absolute atomic E-state index is 4.64. The lowest BCUT2D eigenvalue weighted by Crippen LogP contribution is -2.32. The van der Waals surface area contributed by atoms with Gasteiger partial charge in [0.25, 0.3) is 0 Å². The third-order valence-corrected chi connectivity index (χ3v) is 6.91. The van der Waals surface area contributed by atoms with Crippen LogP contribution in [-0.2, 0) is 0 Å². The summed E-state index contributed by atoms with van der Waals surface area (Å²) in [7, 11) is 0. The number of rotatable bonds is 2. The summed E-state index contributed by atoms with van der Waals surface area (Å²) in [6.45, 7) is 2.34. The van der Waals surface area contributed by atoms with Crippen molar-refractivity contribution >= 4 is 29.7 Å². The Balaban J connectivity index is 1.73. The fourth-order valence-corrected chi connectivity index (χ4v) is 5.80. The zero-order chi connectivity index (χ0) is 14.3. The molecule has 2 atom stereocenters. The van der Waals surface area contributed by atoms with Gasteiger partial charge in [0, 0.05) is 4.90 Å². The normalized spacial score (nSPS) is 26.5. The highest BCUT2D eigenvalue weighted by atomic mass is 32.2. The lowest BCUT2D eigenvalue weighted by molar-refractivity contribution is 0.252. The molecule has 21 heavy (non-hydrogen) atoms. The van der Waals surface area contributed by atoms with Gasteiger partial charge in [-0.25, -0.2) is 0 Å². The predicted molar refractivity (Wildman–Crippen MR) is 91.8 cm³/mol. The Hall–Kier alpha value is -1.39. The summed E-state index contributed by atoms with van der Waals surface area (Å²) in [6, 6.07) is 19.6. The molecule has 0 radical (unpaired) electrons. The smallest absolute Gasteiger partial charge is 0.0975 e. The van der Waals surface area contributed by atoms with Gasteiger partial charge in [-0.1, -0.05) is 42.5 Å². The molecule has 0 amide bonds. The Bertz CT molecular complexity index is 686. The highest BCUT2D eigenvalue weighted by Crippen LogP contribution is 2.58. The number of hydrazone groups is 1. The van der Waals surface area contributed by atoms with Crippen LogP contribution in [0.3, 0.4) is 0 Å². The quantitative estimate of drug-likeness (QED) is 0.806. The number of hydrogen-bond donors (Lipinski definition) is 0. The van der Waals surface area contributed by atoms with Crippen molar-refractivity contribution in [3.63, 3.8) is 0 Å². The van der Waals surface area contributed by atoms with E-state index in [0.29, 0.717) is 6.04 Å². The van der Waals surface area contributed by atoms with E-state index >= 15 is 0 Å². The van der Waals surface area contributed by atoms with E-state index in [-0.39, 0.29) is 4.08 Å². The highest BCUT2D eigenvalue weighted by molar-refractivity contribution is 8.18. The minimum absolute atomic E-state index is 0.0786. The molecule has 4 rings (SSSR count). The van der Waals surface area contributed by atoms with E-state index in [2.05, 4.69) is 71.6 Å². The summed E-state index contributed by atoms with van der Waals surface area (Å²) in [5.41, 5.74) is 2.64. The molecule has 0 N–H and O–H groups in total. The van der Waals surface area contributed by atoms with Crippen LogP contribution < -0.4 is 0 Å². The molecule has 0 unspecified atom stereocenters. The van der Waals surface area contributed by atoms with Gasteiger partial charge >= 0.3 is 0 Å². The van der Waals surface area contributed by atoms with E-state index in [1.807, 2.05) is 29.7 Å². The lowest BCUT2D eigenvalue weighted by atomic mass is 9.97. The molecule has 1 fully saturated rings. The molecule has 2 aliphatic rings. The fourth-order valence-electron chi connectivity index (χ4n) is 2.98. The second-order valence-electron chi connectivity index (χ2n) is 5.42. The lowest BCUT2D eigenvalue weighted by Gasteiger charge is -2.35. The third-order valence-electron chi connectivity index (χ3n) is 3.98. The van der Waals surface area contributed by atoms with E-state index < -0.39 is 0 Å². The molecule has 2 aromatic rings. The number of hydrogen-bond acceptors (Lipinski definition) is 4. The Morgan fingerprint density at radius 1 is 1.14 bits per heavy atom. The molecular formula is C17H16N2S2. The molecule has 0 bridgehead atoms. The van der Waals surface area contributed by atoms with Crippen molar-refractivity contribution < 1.29 is 0 Å². The van der Waals surface area contributed by atoms with E-state index in [4.69, 9.17) is 0 Å². The number of nitrogens with zero attached hydrogens (tertiary/aromatic N) is 2. The van der Waals surface area contributed by atoms with Gasteiger partial charge in [0.05, 0.1) is 22.2 Å². The van der Waals surface area contributed by atoms with Gasteiger partial charge in [0.15, 0.2) is 0 Å². The van der Waals surface area contributed by atoms with E-state index in [1.165, 1.54) is 16.0 Å². The van der Waals surface area contributed by atoms with Crippen molar-refractivity contribution in [1.82, 2.24) is 5.01 Å². The van der Waals surface area contributed by atoms with Crippen molar-refractivity contribution in [2.24, 2.45) is 5.10 Å². The molecule has 2 heterocycles. The maximum atomic E-state index is 4.64. The molecule has 0 aromatic heterocycles. The van der Waals surface area contributed by atoms with Gasteiger partial charge in [-0.05, 0) is 30.2 Å². The summed E-state index contributed by atoms with van der Waals surface area (Å²) in [4.78, 5) is 1.32. The summed E-state index contributed by atoms with van der Waals surface area (Å²) < 4.78 is 0.0786. The van der Waals surface area contributed by atoms with E-state index in [1.54, 1.807) is 0 Å². The SMILES string of the molecule is C[C@]1(Sc2ccccc2)SCN2N=Cc3ccccc3[C@H]21. The molecular weight excluding hydrogens is 296 g/mol. The van der Waals surface area contributed by atoms with Gasteiger partial charge in [-0.3, -0.25) is 5.01 Å². The van der Waals surface area contributed by atoms with Crippen LogP contribution in [0.1, 0.15) is 24.1 Å². The van der Waals surface area contributed by atoms with Crippen molar-refractivity contribution in [3.8, 4) is 0 Å². The Labute approximate surface area is 133 Å². The minimum atomic E-state index is 0.0786. The van der Waals surface area contributed by atoms with Crippen LogP contribution in [0.25, 0.3) is 0 Å². The first-order valence-electron chi connectivity index (χ1n) is 7.04. The Kier molecular flexibility index (Phi) is 3.23. The van der Waals surface area contributed by atoms with Crippen LogP contribution in [0.5, 0.6) is 0 Å². The van der Waals surface area contributed by atoms with Gasteiger partial charge in [0.2, 0.25) is 0 Å². The van der Waals surface area contributed by atoms with Crippen molar-refractivity contribution in [2.45, 2.75) is 21.9 Å². The van der Waals surface area contributed by atoms with Gasteiger partial charge in [0.1, 0.15) is 0 Å². The topological polar surface area (TPSA) is 15.6 Å². The number of thioether (sulfide) groups is 2.